The first kappa shape index (κ1) is 14.2. The van der Waals surface area contributed by atoms with Crippen molar-refractivity contribution in [3.8, 4) is 5.75 Å². The number of phenols is 1. The Labute approximate surface area is 118 Å². The third-order valence-electron chi connectivity index (χ3n) is 3.13. The Hall–Kier alpha value is -2.23. The van der Waals surface area contributed by atoms with Gasteiger partial charge in [0.1, 0.15) is 11.6 Å². The second kappa shape index (κ2) is 5.82. The number of phenolic OH excluding ortho intramolecular Hbond substituents is 1. The molecule has 20 heavy (non-hydrogen) atoms. The van der Waals surface area contributed by atoms with Crippen LogP contribution in [0.3, 0.4) is 0 Å². The summed E-state index contributed by atoms with van der Waals surface area (Å²) in [6.45, 7) is 2.52. The van der Waals surface area contributed by atoms with Crippen molar-refractivity contribution in [1.82, 2.24) is 0 Å². The van der Waals surface area contributed by atoms with E-state index in [0.29, 0.717) is 12.1 Å². The zero-order valence-electron chi connectivity index (χ0n) is 11.9. The lowest BCUT2D eigenvalue weighted by atomic mass is 10.1. The second-order valence-corrected chi connectivity index (χ2v) is 5.07. The van der Waals surface area contributed by atoms with Gasteiger partial charge in [-0.3, -0.25) is 0 Å². The van der Waals surface area contributed by atoms with Crippen LogP contribution in [-0.4, -0.2) is 19.2 Å². The minimum Gasteiger partial charge on any atom is -0.508 e. The molecule has 0 radical (unpaired) electrons. The number of aryl methyl sites for hydroxylation is 1. The van der Waals surface area contributed by atoms with Crippen molar-refractivity contribution < 1.29 is 9.50 Å². The molecule has 2 aromatic carbocycles. The van der Waals surface area contributed by atoms with E-state index >= 15 is 0 Å². The topological polar surface area (TPSA) is 35.5 Å². The van der Waals surface area contributed by atoms with Crippen molar-refractivity contribution in [2.45, 2.75) is 13.5 Å². The number of halogens is 1. The average Bonchev–Trinajstić information content (AvgIpc) is 2.36. The van der Waals surface area contributed by atoms with E-state index in [2.05, 4.69) is 23.2 Å². The van der Waals surface area contributed by atoms with Gasteiger partial charge in [0.25, 0.3) is 0 Å². The first-order valence-electron chi connectivity index (χ1n) is 6.46. The van der Waals surface area contributed by atoms with E-state index in [4.69, 9.17) is 0 Å². The Morgan fingerprint density at radius 3 is 2.55 bits per heavy atom. The summed E-state index contributed by atoms with van der Waals surface area (Å²) < 4.78 is 13.2. The summed E-state index contributed by atoms with van der Waals surface area (Å²) in [5.41, 5.74) is 4.00. The molecule has 0 bridgehead atoms. The lowest BCUT2D eigenvalue weighted by Gasteiger charge is -2.17. The van der Waals surface area contributed by atoms with Crippen molar-refractivity contribution in [2.24, 2.45) is 0 Å². The number of hydrogen-bond donors (Lipinski definition) is 2. The van der Waals surface area contributed by atoms with Crippen LogP contribution in [-0.2, 0) is 6.54 Å². The molecule has 0 heterocycles. The highest BCUT2D eigenvalue weighted by Gasteiger charge is 2.03. The summed E-state index contributed by atoms with van der Waals surface area (Å²) in [7, 11) is 3.99. The van der Waals surface area contributed by atoms with E-state index in [1.165, 1.54) is 11.6 Å². The molecular weight excluding hydrogens is 255 g/mol. The van der Waals surface area contributed by atoms with E-state index in [0.717, 1.165) is 17.4 Å². The molecular formula is C16H19FN2O. The third-order valence-corrected chi connectivity index (χ3v) is 3.13. The number of benzene rings is 2. The molecule has 0 aliphatic carbocycles. The van der Waals surface area contributed by atoms with Crippen LogP contribution >= 0.6 is 0 Å². The number of nitrogens with zero attached hydrogens (tertiary/aromatic N) is 1. The van der Waals surface area contributed by atoms with Gasteiger partial charge in [-0.15, -0.1) is 0 Å². The molecule has 0 saturated heterocycles. The smallest absolute Gasteiger partial charge is 0.127 e. The first-order valence-corrected chi connectivity index (χ1v) is 6.46. The molecule has 3 nitrogen and oxygen atoms in total. The van der Waals surface area contributed by atoms with Crippen LogP contribution in [0.15, 0.2) is 36.4 Å². The number of anilines is 2. The van der Waals surface area contributed by atoms with Crippen molar-refractivity contribution >= 4 is 11.4 Å². The molecule has 2 aromatic rings. The maximum absolute atomic E-state index is 13.2. The predicted octanol–water partition coefficient (Wildman–Crippen LogP) is 3.52. The van der Waals surface area contributed by atoms with E-state index < -0.39 is 5.82 Å². The van der Waals surface area contributed by atoms with Crippen LogP contribution < -0.4 is 10.2 Å². The normalized spacial score (nSPS) is 10.4. The van der Waals surface area contributed by atoms with Crippen LogP contribution in [0.25, 0.3) is 0 Å². The fourth-order valence-corrected chi connectivity index (χ4v) is 2.14. The third kappa shape index (κ3) is 3.41. The van der Waals surface area contributed by atoms with Crippen LogP contribution in [0.1, 0.15) is 11.1 Å². The maximum atomic E-state index is 13.2. The highest BCUT2D eigenvalue weighted by atomic mass is 19.1. The zero-order chi connectivity index (χ0) is 14.7. The van der Waals surface area contributed by atoms with Crippen LogP contribution in [0.5, 0.6) is 5.75 Å². The van der Waals surface area contributed by atoms with E-state index in [1.54, 1.807) is 6.07 Å². The van der Waals surface area contributed by atoms with Crippen molar-refractivity contribution in [3.63, 3.8) is 0 Å². The van der Waals surface area contributed by atoms with Gasteiger partial charge < -0.3 is 15.3 Å². The molecule has 0 saturated carbocycles. The van der Waals surface area contributed by atoms with Crippen LogP contribution in [0.4, 0.5) is 15.8 Å². The number of aromatic hydroxyl groups is 1. The van der Waals surface area contributed by atoms with E-state index in [-0.39, 0.29) is 5.75 Å². The van der Waals surface area contributed by atoms with Gasteiger partial charge in [-0.2, -0.15) is 0 Å². The fourth-order valence-electron chi connectivity index (χ4n) is 2.14. The molecule has 0 unspecified atom stereocenters. The number of rotatable bonds is 4. The minimum absolute atomic E-state index is 0.0558. The quantitative estimate of drug-likeness (QED) is 0.895. The molecule has 4 heteroatoms. The van der Waals surface area contributed by atoms with Gasteiger partial charge in [0, 0.05) is 38.1 Å². The molecule has 2 rings (SSSR count). The second-order valence-electron chi connectivity index (χ2n) is 5.07. The Morgan fingerprint density at radius 1 is 1.15 bits per heavy atom. The van der Waals surface area contributed by atoms with Gasteiger partial charge in [-0.05, 0) is 42.3 Å². The van der Waals surface area contributed by atoms with E-state index in [1.807, 2.05) is 26.2 Å². The first-order chi connectivity index (χ1) is 9.45. The lowest BCUT2D eigenvalue weighted by Crippen LogP contribution is -2.11. The van der Waals surface area contributed by atoms with Crippen LogP contribution in [0, 0.1) is 12.7 Å². The molecule has 2 N–H and O–H groups in total. The molecule has 106 valence electrons. The van der Waals surface area contributed by atoms with Gasteiger partial charge in [0.2, 0.25) is 0 Å². The summed E-state index contributed by atoms with van der Waals surface area (Å²) in [5, 5.41) is 12.6. The van der Waals surface area contributed by atoms with Gasteiger partial charge in [0.15, 0.2) is 0 Å². The Balaban J connectivity index is 2.12. The Kier molecular flexibility index (Phi) is 4.13. The van der Waals surface area contributed by atoms with Crippen molar-refractivity contribution in [2.75, 3.05) is 24.3 Å². The van der Waals surface area contributed by atoms with Gasteiger partial charge in [-0.25, -0.2) is 4.39 Å². The Morgan fingerprint density at radius 2 is 1.90 bits per heavy atom. The largest absolute Gasteiger partial charge is 0.508 e. The van der Waals surface area contributed by atoms with Crippen molar-refractivity contribution in [3.05, 3.63) is 53.3 Å². The average molecular weight is 274 g/mol. The fraction of sp³-hybridized carbons (Fsp3) is 0.250. The Bertz CT molecular complexity index is 591. The molecule has 0 aromatic heterocycles. The van der Waals surface area contributed by atoms with Crippen molar-refractivity contribution in [1.29, 1.82) is 0 Å². The highest BCUT2D eigenvalue weighted by molar-refractivity contribution is 5.62. The zero-order valence-corrected chi connectivity index (χ0v) is 11.9. The molecule has 0 spiro atoms. The van der Waals surface area contributed by atoms with E-state index in [9.17, 15) is 9.50 Å². The summed E-state index contributed by atoms with van der Waals surface area (Å²) in [5.74, 6) is -0.487. The lowest BCUT2D eigenvalue weighted by molar-refractivity contribution is 0.468. The summed E-state index contributed by atoms with van der Waals surface area (Å²) in [4.78, 5) is 2.05. The number of hydrogen-bond acceptors (Lipinski definition) is 3. The SMILES string of the molecule is Cc1ccc(NCc2cc(O)cc(F)c2)cc1N(C)C. The summed E-state index contributed by atoms with van der Waals surface area (Å²) >= 11 is 0. The minimum atomic E-state index is -0.431. The molecule has 0 aliphatic heterocycles. The summed E-state index contributed by atoms with van der Waals surface area (Å²) in [6.07, 6.45) is 0. The molecule has 0 aliphatic rings. The number of nitrogens with one attached hydrogen (secondary N) is 1. The summed E-state index contributed by atoms with van der Waals surface area (Å²) in [6, 6.07) is 10.1. The molecule has 0 fully saturated rings. The van der Waals surface area contributed by atoms with Gasteiger partial charge in [0.05, 0.1) is 0 Å². The van der Waals surface area contributed by atoms with Gasteiger partial charge >= 0.3 is 0 Å². The van der Waals surface area contributed by atoms with Crippen LogP contribution in [0.2, 0.25) is 0 Å². The maximum Gasteiger partial charge on any atom is 0.127 e. The standard InChI is InChI=1S/C16H19FN2O/c1-11-4-5-14(9-16(11)19(2)3)18-10-12-6-13(17)8-15(20)7-12/h4-9,18,20H,10H2,1-3H3. The molecule has 0 atom stereocenters. The monoisotopic (exact) mass is 274 g/mol. The highest BCUT2D eigenvalue weighted by Crippen LogP contribution is 2.23. The molecule has 0 amide bonds. The predicted molar refractivity (Wildman–Crippen MR) is 80.9 cm³/mol. The van der Waals surface area contributed by atoms with Gasteiger partial charge in [-0.1, -0.05) is 6.07 Å².